The van der Waals surface area contributed by atoms with Gasteiger partial charge in [0.25, 0.3) is 0 Å². The molecule has 1 heterocycles. The third-order valence-electron chi connectivity index (χ3n) is 4.06. The summed E-state index contributed by atoms with van der Waals surface area (Å²) < 4.78 is 5.57. The SMILES string of the molecule is CN=C(NCCC(=O)N(C)Cc1ccccc1)NCC1CCCO1.I. The molecule has 7 heteroatoms. The van der Waals surface area contributed by atoms with Crippen LogP contribution in [0.3, 0.4) is 0 Å². The highest BCUT2D eigenvalue weighted by molar-refractivity contribution is 14.0. The highest BCUT2D eigenvalue weighted by Crippen LogP contribution is 2.10. The molecule has 0 spiro atoms. The van der Waals surface area contributed by atoms with Crippen LogP contribution in [-0.2, 0) is 16.1 Å². The van der Waals surface area contributed by atoms with Gasteiger partial charge < -0.3 is 20.3 Å². The van der Waals surface area contributed by atoms with Crippen LogP contribution in [0.15, 0.2) is 35.3 Å². The number of amides is 1. The Hall–Kier alpha value is -1.35. The van der Waals surface area contributed by atoms with E-state index in [4.69, 9.17) is 4.74 Å². The predicted octanol–water partition coefficient (Wildman–Crippen LogP) is 2.00. The standard InChI is InChI=1S/C18H28N4O2.HI/c1-19-18(21-13-16-9-6-12-24-16)20-11-10-17(23)22(2)14-15-7-4-3-5-8-15;/h3-5,7-8,16H,6,9-14H2,1-2H3,(H2,19,20,21);1H. The molecule has 1 aromatic rings. The predicted molar refractivity (Wildman–Crippen MR) is 111 cm³/mol. The molecule has 0 radical (unpaired) electrons. The van der Waals surface area contributed by atoms with Crippen LogP contribution in [0, 0.1) is 0 Å². The lowest BCUT2D eigenvalue weighted by molar-refractivity contribution is -0.130. The van der Waals surface area contributed by atoms with Crippen LogP contribution in [0.4, 0.5) is 0 Å². The van der Waals surface area contributed by atoms with E-state index in [0.29, 0.717) is 25.5 Å². The molecule has 0 bridgehead atoms. The summed E-state index contributed by atoms with van der Waals surface area (Å²) >= 11 is 0. The van der Waals surface area contributed by atoms with Crippen molar-refractivity contribution in [1.29, 1.82) is 0 Å². The van der Waals surface area contributed by atoms with E-state index >= 15 is 0 Å². The topological polar surface area (TPSA) is 66.0 Å². The number of benzene rings is 1. The fraction of sp³-hybridized carbons (Fsp3) is 0.556. The molecule has 2 N–H and O–H groups in total. The smallest absolute Gasteiger partial charge is 0.224 e. The van der Waals surface area contributed by atoms with Gasteiger partial charge in [-0.2, -0.15) is 0 Å². The zero-order valence-corrected chi connectivity index (χ0v) is 17.4. The quantitative estimate of drug-likeness (QED) is 0.371. The molecule has 1 saturated heterocycles. The normalized spacial score (nSPS) is 16.9. The van der Waals surface area contributed by atoms with Crippen LogP contribution in [0.25, 0.3) is 0 Å². The minimum atomic E-state index is 0. The van der Waals surface area contributed by atoms with E-state index in [9.17, 15) is 4.79 Å². The van der Waals surface area contributed by atoms with Gasteiger partial charge in [-0.05, 0) is 18.4 Å². The van der Waals surface area contributed by atoms with Gasteiger partial charge in [-0.25, -0.2) is 0 Å². The van der Waals surface area contributed by atoms with E-state index in [1.807, 2.05) is 37.4 Å². The van der Waals surface area contributed by atoms with Crippen molar-refractivity contribution in [2.24, 2.45) is 4.99 Å². The first kappa shape index (κ1) is 21.7. The maximum absolute atomic E-state index is 12.2. The molecule has 1 fully saturated rings. The van der Waals surface area contributed by atoms with Gasteiger partial charge in [0.15, 0.2) is 5.96 Å². The Morgan fingerprint density at radius 1 is 1.32 bits per heavy atom. The van der Waals surface area contributed by atoms with Gasteiger partial charge in [0.2, 0.25) is 5.91 Å². The Morgan fingerprint density at radius 3 is 2.72 bits per heavy atom. The molecule has 140 valence electrons. The second kappa shape index (κ2) is 12.1. The Labute approximate surface area is 167 Å². The summed E-state index contributed by atoms with van der Waals surface area (Å²) in [6.45, 7) is 2.79. The van der Waals surface area contributed by atoms with Crippen molar-refractivity contribution in [2.45, 2.75) is 31.9 Å². The summed E-state index contributed by atoms with van der Waals surface area (Å²) in [6, 6.07) is 10.0. The van der Waals surface area contributed by atoms with Crippen molar-refractivity contribution in [3.63, 3.8) is 0 Å². The van der Waals surface area contributed by atoms with E-state index in [-0.39, 0.29) is 36.0 Å². The summed E-state index contributed by atoms with van der Waals surface area (Å²) in [4.78, 5) is 18.1. The van der Waals surface area contributed by atoms with Crippen molar-refractivity contribution in [2.75, 3.05) is 33.8 Å². The Balaban J connectivity index is 0.00000312. The molecular weight excluding hydrogens is 431 g/mol. The molecule has 1 unspecified atom stereocenters. The second-order valence-corrected chi connectivity index (χ2v) is 6.00. The Kier molecular flexibility index (Phi) is 10.5. The molecule has 6 nitrogen and oxygen atoms in total. The van der Waals surface area contributed by atoms with Crippen LogP contribution in [0.1, 0.15) is 24.8 Å². The fourth-order valence-electron chi connectivity index (χ4n) is 2.66. The number of hydrogen-bond donors (Lipinski definition) is 2. The number of guanidine groups is 1. The first-order valence-corrected chi connectivity index (χ1v) is 8.53. The summed E-state index contributed by atoms with van der Waals surface area (Å²) in [6.07, 6.45) is 2.92. The number of carbonyl (C=O) groups is 1. The van der Waals surface area contributed by atoms with Crippen LogP contribution >= 0.6 is 24.0 Å². The summed E-state index contributed by atoms with van der Waals surface area (Å²) in [5.74, 6) is 0.824. The van der Waals surface area contributed by atoms with Gasteiger partial charge in [-0.3, -0.25) is 9.79 Å². The van der Waals surface area contributed by atoms with E-state index in [0.717, 1.165) is 31.6 Å². The number of halogens is 1. The number of nitrogens with one attached hydrogen (secondary N) is 2. The lowest BCUT2D eigenvalue weighted by Crippen LogP contribution is -2.42. The van der Waals surface area contributed by atoms with E-state index in [1.54, 1.807) is 11.9 Å². The van der Waals surface area contributed by atoms with E-state index in [2.05, 4.69) is 15.6 Å². The van der Waals surface area contributed by atoms with E-state index in [1.165, 1.54) is 0 Å². The molecule has 2 rings (SSSR count). The third kappa shape index (κ3) is 8.04. The van der Waals surface area contributed by atoms with Crippen LogP contribution < -0.4 is 10.6 Å². The van der Waals surface area contributed by atoms with Crippen molar-refractivity contribution < 1.29 is 9.53 Å². The molecule has 1 amide bonds. The largest absolute Gasteiger partial charge is 0.376 e. The molecular formula is C18H29IN4O2. The van der Waals surface area contributed by atoms with Gasteiger partial charge in [0.1, 0.15) is 0 Å². The molecule has 25 heavy (non-hydrogen) atoms. The first-order valence-electron chi connectivity index (χ1n) is 8.53. The van der Waals surface area contributed by atoms with Gasteiger partial charge in [-0.15, -0.1) is 24.0 Å². The first-order chi connectivity index (χ1) is 11.7. The highest BCUT2D eigenvalue weighted by Gasteiger charge is 2.15. The van der Waals surface area contributed by atoms with Gasteiger partial charge in [-0.1, -0.05) is 30.3 Å². The maximum Gasteiger partial charge on any atom is 0.224 e. The van der Waals surface area contributed by atoms with Crippen molar-refractivity contribution in [3.8, 4) is 0 Å². The average molecular weight is 460 g/mol. The summed E-state index contributed by atoms with van der Waals surface area (Å²) in [5.41, 5.74) is 1.13. The number of carbonyl (C=O) groups excluding carboxylic acids is 1. The zero-order chi connectivity index (χ0) is 17.2. The van der Waals surface area contributed by atoms with Crippen molar-refractivity contribution >= 4 is 35.8 Å². The third-order valence-corrected chi connectivity index (χ3v) is 4.06. The summed E-state index contributed by atoms with van der Waals surface area (Å²) in [7, 11) is 3.56. The minimum absolute atomic E-state index is 0. The summed E-state index contributed by atoms with van der Waals surface area (Å²) in [5, 5.41) is 6.42. The molecule has 0 aliphatic carbocycles. The number of aliphatic imine (C=N–C) groups is 1. The van der Waals surface area contributed by atoms with Crippen molar-refractivity contribution in [3.05, 3.63) is 35.9 Å². The van der Waals surface area contributed by atoms with Gasteiger partial charge in [0.05, 0.1) is 6.10 Å². The minimum Gasteiger partial charge on any atom is -0.376 e. The number of ether oxygens (including phenoxy) is 1. The van der Waals surface area contributed by atoms with Crippen LogP contribution in [-0.4, -0.2) is 56.7 Å². The number of nitrogens with zero attached hydrogens (tertiary/aromatic N) is 2. The molecule has 1 aliphatic heterocycles. The molecule has 0 saturated carbocycles. The second-order valence-electron chi connectivity index (χ2n) is 6.00. The van der Waals surface area contributed by atoms with Crippen molar-refractivity contribution in [1.82, 2.24) is 15.5 Å². The monoisotopic (exact) mass is 460 g/mol. The fourth-order valence-corrected chi connectivity index (χ4v) is 2.66. The maximum atomic E-state index is 12.2. The highest BCUT2D eigenvalue weighted by atomic mass is 127. The lowest BCUT2D eigenvalue weighted by Gasteiger charge is -2.18. The van der Waals surface area contributed by atoms with Gasteiger partial charge >= 0.3 is 0 Å². The molecule has 1 aromatic carbocycles. The molecule has 1 atom stereocenters. The van der Waals surface area contributed by atoms with Gasteiger partial charge in [0, 0.05) is 46.8 Å². The van der Waals surface area contributed by atoms with Crippen LogP contribution in [0.2, 0.25) is 0 Å². The molecule has 1 aliphatic rings. The molecule has 0 aromatic heterocycles. The zero-order valence-electron chi connectivity index (χ0n) is 15.0. The van der Waals surface area contributed by atoms with Crippen LogP contribution in [0.5, 0.6) is 0 Å². The number of rotatable bonds is 7. The Bertz CT molecular complexity index is 533. The Morgan fingerprint density at radius 2 is 2.08 bits per heavy atom. The number of hydrogen-bond acceptors (Lipinski definition) is 3. The van der Waals surface area contributed by atoms with E-state index < -0.39 is 0 Å². The average Bonchev–Trinajstić information content (AvgIpc) is 3.12. The lowest BCUT2D eigenvalue weighted by atomic mass is 10.2.